The third-order valence-corrected chi connectivity index (χ3v) is 4.24. The first-order chi connectivity index (χ1) is 11.8. The Morgan fingerprint density at radius 1 is 1.32 bits per heavy atom. The minimum absolute atomic E-state index is 0.0169. The van der Waals surface area contributed by atoms with Gasteiger partial charge in [-0.2, -0.15) is 5.26 Å². The normalized spacial score (nSPS) is 21.3. The van der Waals surface area contributed by atoms with Crippen molar-refractivity contribution < 1.29 is 22.7 Å². The summed E-state index contributed by atoms with van der Waals surface area (Å²) < 4.78 is 41.3. The second-order valence-corrected chi connectivity index (χ2v) is 6.10. The molecule has 134 valence electrons. The zero-order valence-electron chi connectivity index (χ0n) is 13.8. The van der Waals surface area contributed by atoms with E-state index in [1.54, 1.807) is 6.07 Å². The van der Waals surface area contributed by atoms with Crippen molar-refractivity contribution in [1.82, 2.24) is 5.32 Å². The van der Waals surface area contributed by atoms with Crippen molar-refractivity contribution in [3.63, 3.8) is 0 Å². The minimum atomic E-state index is -4.85. The van der Waals surface area contributed by atoms with E-state index >= 15 is 0 Å². The molecule has 2 atom stereocenters. The fourth-order valence-corrected chi connectivity index (χ4v) is 2.90. The number of alkyl halides is 3. The summed E-state index contributed by atoms with van der Waals surface area (Å²) in [7, 11) is 0. The number of nitriles is 1. The Morgan fingerprint density at radius 3 is 2.64 bits per heavy atom. The molecule has 1 N–H and O–H groups in total. The van der Waals surface area contributed by atoms with E-state index in [1.807, 2.05) is 6.92 Å². The fraction of sp³-hybridized carbons (Fsp3) is 0.444. The Bertz CT molecular complexity index is 692. The van der Waals surface area contributed by atoms with Crippen LogP contribution in [-0.2, 0) is 4.79 Å². The summed E-state index contributed by atoms with van der Waals surface area (Å²) in [6.45, 7) is 2.03. The lowest BCUT2D eigenvalue weighted by molar-refractivity contribution is -0.274. The van der Waals surface area contributed by atoms with E-state index < -0.39 is 18.0 Å². The molecule has 0 aromatic heterocycles. The van der Waals surface area contributed by atoms with E-state index in [1.165, 1.54) is 18.2 Å². The number of hydrogen-bond acceptors (Lipinski definition) is 3. The lowest BCUT2D eigenvalue weighted by Gasteiger charge is -2.29. The van der Waals surface area contributed by atoms with E-state index in [9.17, 15) is 23.2 Å². The van der Waals surface area contributed by atoms with Crippen molar-refractivity contribution in [1.29, 1.82) is 5.26 Å². The molecular weight excluding hydrogens is 333 g/mol. The SMILES string of the molecule is CC1CCCCC1NC(=O)/C(C#N)=C/c1ccccc1OC(F)(F)F. The second kappa shape index (κ2) is 8.06. The lowest BCUT2D eigenvalue weighted by atomic mass is 9.86. The topological polar surface area (TPSA) is 62.1 Å². The molecule has 1 aromatic carbocycles. The molecule has 2 unspecified atom stereocenters. The number of carbonyl (C=O) groups excluding carboxylic acids is 1. The number of hydrogen-bond donors (Lipinski definition) is 1. The molecular formula is C18H19F3N2O2. The van der Waals surface area contributed by atoms with E-state index in [2.05, 4.69) is 10.1 Å². The van der Waals surface area contributed by atoms with Gasteiger partial charge >= 0.3 is 6.36 Å². The van der Waals surface area contributed by atoms with Crippen LogP contribution in [0.1, 0.15) is 38.2 Å². The van der Waals surface area contributed by atoms with Gasteiger partial charge in [-0.1, -0.05) is 38.0 Å². The van der Waals surface area contributed by atoms with Crippen molar-refractivity contribution in [2.24, 2.45) is 5.92 Å². The molecule has 0 aliphatic heterocycles. The summed E-state index contributed by atoms with van der Waals surface area (Å²) in [4.78, 5) is 12.3. The van der Waals surface area contributed by atoms with Crippen LogP contribution in [0.15, 0.2) is 29.8 Å². The fourth-order valence-electron chi connectivity index (χ4n) is 2.90. The predicted octanol–water partition coefficient (Wildman–Crippen LogP) is 4.19. The van der Waals surface area contributed by atoms with Crippen molar-refractivity contribution in [2.45, 2.75) is 45.0 Å². The number of ether oxygens (including phenoxy) is 1. The summed E-state index contributed by atoms with van der Waals surface area (Å²) in [6, 6.07) is 7.11. The first kappa shape index (κ1) is 18.8. The Hall–Kier alpha value is -2.49. The van der Waals surface area contributed by atoms with Crippen molar-refractivity contribution >= 4 is 12.0 Å². The summed E-state index contributed by atoms with van der Waals surface area (Å²) in [5.41, 5.74) is -0.237. The van der Waals surface area contributed by atoms with Crippen LogP contribution in [0.4, 0.5) is 13.2 Å². The third kappa shape index (κ3) is 5.52. The van der Waals surface area contributed by atoms with Crippen molar-refractivity contribution in [3.05, 3.63) is 35.4 Å². The standard InChI is InChI=1S/C18H19F3N2O2/c1-12-6-2-4-8-15(12)23-17(24)14(11-22)10-13-7-3-5-9-16(13)25-18(19,20)21/h3,5,7,9-10,12,15H,2,4,6,8H2,1H3,(H,23,24)/b14-10+. The van der Waals surface area contributed by atoms with Crippen LogP contribution in [0.3, 0.4) is 0 Å². The molecule has 1 amide bonds. The number of halogens is 3. The Balaban J connectivity index is 2.20. The number of nitrogens with one attached hydrogen (secondary N) is 1. The highest BCUT2D eigenvalue weighted by Gasteiger charge is 2.32. The second-order valence-electron chi connectivity index (χ2n) is 6.10. The van der Waals surface area contributed by atoms with Gasteiger partial charge in [-0.15, -0.1) is 13.2 Å². The summed E-state index contributed by atoms with van der Waals surface area (Å²) >= 11 is 0. The van der Waals surface area contributed by atoms with Gasteiger partial charge in [0.1, 0.15) is 17.4 Å². The monoisotopic (exact) mass is 352 g/mol. The molecule has 1 fully saturated rings. The van der Waals surface area contributed by atoms with Crippen LogP contribution < -0.4 is 10.1 Å². The van der Waals surface area contributed by atoms with Gasteiger partial charge in [0, 0.05) is 11.6 Å². The minimum Gasteiger partial charge on any atom is -0.405 e. The maximum Gasteiger partial charge on any atom is 0.573 e. The Labute approximate surface area is 144 Å². The zero-order valence-corrected chi connectivity index (χ0v) is 13.8. The van der Waals surface area contributed by atoms with E-state index in [0.717, 1.165) is 37.8 Å². The molecule has 1 aliphatic rings. The molecule has 0 spiro atoms. The Morgan fingerprint density at radius 2 is 2.00 bits per heavy atom. The van der Waals surface area contributed by atoms with Gasteiger partial charge in [-0.3, -0.25) is 4.79 Å². The Kier molecular flexibility index (Phi) is 6.07. The van der Waals surface area contributed by atoms with Crippen LogP contribution in [0, 0.1) is 17.2 Å². The summed E-state index contributed by atoms with van der Waals surface area (Å²) in [5, 5.41) is 12.0. The molecule has 1 saturated carbocycles. The summed E-state index contributed by atoms with van der Waals surface area (Å²) in [5.74, 6) is -0.733. The molecule has 0 radical (unpaired) electrons. The predicted molar refractivity (Wildman–Crippen MR) is 86.3 cm³/mol. The molecule has 1 aromatic rings. The van der Waals surface area contributed by atoms with Crippen LogP contribution >= 0.6 is 0 Å². The number of rotatable bonds is 4. The summed E-state index contributed by atoms with van der Waals surface area (Å²) in [6.07, 6.45) is 0.207. The van der Waals surface area contributed by atoms with Crippen LogP contribution in [-0.4, -0.2) is 18.3 Å². The highest BCUT2D eigenvalue weighted by Crippen LogP contribution is 2.28. The highest BCUT2D eigenvalue weighted by molar-refractivity contribution is 6.02. The lowest BCUT2D eigenvalue weighted by Crippen LogP contribution is -2.41. The number of amides is 1. The van der Waals surface area contributed by atoms with Crippen LogP contribution in [0.25, 0.3) is 6.08 Å². The van der Waals surface area contributed by atoms with Crippen molar-refractivity contribution in [3.8, 4) is 11.8 Å². The molecule has 0 saturated heterocycles. The molecule has 4 nitrogen and oxygen atoms in total. The van der Waals surface area contributed by atoms with Gasteiger partial charge in [0.2, 0.25) is 0 Å². The van der Waals surface area contributed by atoms with E-state index in [-0.39, 0.29) is 17.2 Å². The van der Waals surface area contributed by atoms with Crippen LogP contribution in [0.5, 0.6) is 5.75 Å². The first-order valence-corrected chi connectivity index (χ1v) is 8.07. The van der Waals surface area contributed by atoms with Gasteiger partial charge in [0.25, 0.3) is 5.91 Å². The maximum absolute atomic E-state index is 12.5. The van der Waals surface area contributed by atoms with Gasteiger partial charge in [-0.25, -0.2) is 0 Å². The molecule has 1 aliphatic carbocycles. The molecule has 25 heavy (non-hydrogen) atoms. The zero-order chi connectivity index (χ0) is 18.4. The number of carbonyl (C=O) groups is 1. The number of nitrogens with zero attached hydrogens (tertiary/aromatic N) is 1. The smallest absolute Gasteiger partial charge is 0.405 e. The molecule has 0 heterocycles. The quantitative estimate of drug-likeness (QED) is 0.653. The van der Waals surface area contributed by atoms with E-state index in [0.29, 0.717) is 5.92 Å². The molecule has 2 rings (SSSR count). The van der Waals surface area contributed by atoms with Gasteiger partial charge in [0.05, 0.1) is 0 Å². The van der Waals surface area contributed by atoms with E-state index in [4.69, 9.17) is 0 Å². The van der Waals surface area contributed by atoms with Gasteiger partial charge in [-0.05, 0) is 30.9 Å². The first-order valence-electron chi connectivity index (χ1n) is 8.07. The van der Waals surface area contributed by atoms with Crippen LogP contribution in [0.2, 0.25) is 0 Å². The largest absolute Gasteiger partial charge is 0.573 e. The van der Waals surface area contributed by atoms with Gasteiger partial charge < -0.3 is 10.1 Å². The average Bonchev–Trinajstić information content (AvgIpc) is 2.54. The third-order valence-electron chi connectivity index (χ3n) is 4.24. The number of para-hydroxylation sites is 1. The molecule has 0 bridgehead atoms. The van der Waals surface area contributed by atoms with Crippen molar-refractivity contribution in [2.75, 3.05) is 0 Å². The number of benzene rings is 1. The highest BCUT2D eigenvalue weighted by atomic mass is 19.4. The maximum atomic E-state index is 12.5. The molecule has 7 heteroatoms. The average molecular weight is 352 g/mol. The van der Waals surface area contributed by atoms with Gasteiger partial charge in [0.15, 0.2) is 0 Å².